The van der Waals surface area contributed by atoms with Crippen molar-refractivity contribution >= 4 is 33.7 Å². The van der Waals surface area contributed by atoms with Gasteiger partial charge in [0.25, 0.3) is 0 Å². The lowest BCUT2D eigenvalue weighted by Gasteiger charge is -2.11. The van der Waals surface area contributed by atoms with Crippen molar-refractivity contribution in [2.24, 2.45) is 0 Å². The molecule has 2 aromatic rings. The van der Waals surface area contributed by atoms with E-state index in [-0.39, 0.29) is 11.2 Å². The topological polar surface area (TPSA) is 26.3 Å². The van der Waals surface area contributed by atoms with Crippen LogP contribution in [-0.4, -0.2) is 18.8 Å². The highest BCUT2D eigenvalue weighted by Crippen LogP contribution is 2.30. The van der Waals surface area contributed by atoms with Crippen molar-refractivity contribution in [3.05, 3.63) is 58.6 Å². The van der Waals surface area contributed by atoms with E-state index >= 15 is 0 Å². The molecule has 0 aliphatic carbocycles. The predicted octanol–water partition coefficient (Wildman–Crippen LogP) is 5.08. The lowest BCUT2D eigenvalue weighted by Crippen LogP contribution is -2.04. The van der Waals surface area contributed by atoms with E-state index in [2.05, 4.69) is 64.0 Å². The number of hydrogen-bond donors (Lipinski definition) is 0. The van der Waals surface area contributed by atoms with Crippen LogP contribution in [0, 0.1) is 0 Å². The van der Waals surface area contributed by atoms with Crippen LogP contribution in [0.15, 0.2) is 53.0 Å². The zero-order valence-corrected chi connectivity index (χ0v) is 14.4. The van der Waals surface area contributed by atoms with Crippen molar-refractivity contribution in [1.29, 1.82) is 0 Å². The summed E-state index contributed by atoms with van der Waals surface area (Å²) in [5.41, 5.74) is 3.60. The predicted molar refractivity (Wildman–Crippen MR) is 92.5 cm³/mol. The Morgan fingerprint density at radius 3 is 2.14 bits per heavy atom. The number of hydrogen-bond acceptors (Lipinski definition) is 3. The first-order valence-electron chi connectivity index (χ1n) is 6.64. The molecule has 0 amide bonds. The summed E-state index contributed by atoms with van der Waals surface area (Å²) in [6.07, 6.45) is 0. The molecule has 2 rings (SSSR count). The van der Waals surface area contributed by atoms with Gasteiger partial charge >= 0.3 is 5.97 Å². The van der Waals surface area contributed by atoms with Gasteiger partial charge in [0.2, 0.25) is 0 Å². The molecule has 2 nitrogen and oxygen atoms in total. The Morgan fingerprint density at radius 1 is 1.10 bits per heavy atom. The molecular formula is C17H17BrO2S. The Hall–Kier alpha value is -1.26. The van der Waals surface area contributed by atoms with Gasteiger partial charge in [-0.15, -0.1) is 11.8 Å². The fourth-order valence-corrected chi connectivity index (χ4v) is 3.05. The fraction of sp³-hybridized carbons (Fsp3) is 0.235. The standard InChI is InChI=1S/C17H17BrO2S/c1-12(21-11-17(19)20-2)13-3-5-14(6-4-13)15-7-9-16(18)10-8-15/h3-10,12H,11H2,1-2H3. The third-order valence-electron chi connectivity index (χ3n) is 3.24. The van der Waals surface area contributed by atoms with Crippen LogP contribution in [0.1, 0.15) is 17.7 Å². The van der Waals surface area contributed by atoms with E-state index in [4.69, 9.17) is 0 Å². The molecule has 0 radical (unpaired) electrons. The van der Waals surface area contributed by atoms with Gasteiger partial charge in [0.1, 0.15) is 0 Å². The Kier molecular flexibility index (Phi) is 5.88. The summed E-state index contributed by atoms with van der Waals surface area (Å²) < 4.78 is 5.74. The minimum atomic E-state index is -0.182. The van der Waals surface area contributed by atoms with Crippen molar-refractivity contribution in [1.82, 2.24) is 0 Å². The Morgan fingerprint density at radius 2 is 1.62 bits per heavy atom. The number of esters is 1. The van der Waals surface area contributed by atoms with E-state index in [1.54, 1.807) is 11.8 Å². The summed E-state index contributed by atoms with van der Waals surface area (Å²) in [5, 5.41) is 0.267. The summed E-state index contributed by atoms with van der Waals surface area (Å²) in [6, 6.07) is 16.7. The molecule has 21 heavy (non-hydrogen) atoms. The maximum atomic E-state index is 11.2. The second-order valence-corrected chi connectivity index (χ2v) is 6.90. The van der Waals surface area contributed by atoms with Crippen LogP contribution in [0.5, 0.6) is 0 Å². The molecular weight excluding hydrogens is 348 g/mol. The highest BCUT2D eigenvalue weighted by Gasteiger charge is 2.09. The molecule has 2 aromatic carbocycles. The smallest absolute Gasteiger partial charge is 0.315 e. The average molecular weight is 365 g/mol. The van der Waals surface area contributed by atoms with E-state index in [0.717, 1.165) is 4.47 Å². The van der Waals surface area contributed by atoms with Crippen molar-refractivity contribution in [3.8, 4) is 11.1 Å². The van der Waals surface area contributed by atoms with Crippen molar-refractivity contribution < 1.29 is 9.53 Å². The number of carbonyl (C=O) groups excluding carboxylic acids is 1. The zero-order valence-electron chi connectivity index (χ0n) is 12.0. The average Bonchev–Trinajstić information content (AvgIpc) is 2.53. The number of halogens is 1. The molecule has 1 atom stereocenters. The van der Waals surface area contributed by atoms with Gasteiger partial charge in [-0.25, -0.2) is 0 Å². The number of carbonyl (C=O) groups is 1. The summed E-state index contributed by atoms with van der Waals surface area (Å²) in [4.78, 5) is 11.2. The van der Waals surface area contributed by atoms with E-state index in [0.29, 0.717) is 5.75 Å². The van der Waals surface area contributed by atoms with Crippen molar-refractivity contribution in [3.63, 3.8) is 0 Å². The number of thioether (sulfide) groups is 1. The van der Waals surface area contributed by atoms with E-state index in [9.17, 15) is 4.79 Å². The molecule has 0 N–H and O–H groups in total. The largest absolute Gasteiger partial charge is 0.468 e. The third kappa shape index (κ3) is 4.61. The van der Waals surface area contributed by atoms with Crippen LogP contribution in [0.4, 0.5) is 0 Å². The van der Waals surface area contributed by atoms with Crippen LogP contribution < -0.4 is 0 Å². The first kappa shape index (κ1) is 16.1. The molecule has 0 bridgehead atoms. The van der Waals surface area contributed by atoms with Crippen molar-refractivity contribution in [2.45, 2.75) is 12.2 Å². The molecule has 0 aromatic heterocycles. The minimum absolute atomic E-state index is 0.182. The molecule has 0 saturated carbocycles. The van der Waals surface area contributed by atoms with Crippen LogP contribution in [0.2, 0.25) is 0 Å². The first-order valence-corrected chi connectivity index (χ1v) is 8.48. The number of rotatable bonds is 5. The molecule has 0 saturated heterocycles. The molecule has 4 heteroatoms. The molecule has 0 aliphatic heterocycles. The lowest BCUT2D eigenvalue weighted by atomic mass is 10.0. The van der Waals surface area contributed by atoms with Crippen LogP contribution in [0.3, 0.4) is 0 Å². The summed E-state index contributed by atoms with van der Waals surface area (Å²) in [7, 11) is 1.42. The second kappa shape index (κ2) is 7.66. The van der Waals surface area contributed by atoms with Crippen LogP contribution in [-0.2, 0) is 9.53 Å². The van der Waals surface area contributed by atoms with E-state index < -0.39 is 0 Å². The van der Waals surface area contributed by atoms with Crippen LogP contribution >= 0.6 is 27.7 Å². The Labute approximate surface area is 138 Å². The van der Waals surface area contributed by atoms with Crippen molar-refractivity contribution in [2.75, 3.05) is 12.9 Å². The van der Waals surface area contributed by atoms with Gasteiger partial charge < -0.3 is 4.74 Å². The highest BCUT2D eigenvalue weighted by atomic mass is 79.9. The van der Waals surface area contributed by atoms with Crippen LogP contribution in [0.25, 0.3) is 11.1 Å². The van der Waals surface area contributed by atoms with Gasteiger partial charge in [-0.1, -0.05) is 52.3 Å². The number of benzene rings is 2. The van der Waals surface area contributed by atoms with E-state index in [1.165, 1.54) is 23.8 Å². The van der Waals surface area contributed by atoms with Gasteiger partial charge in [0.05, 0.1) is 12.9 Å². The zero-order chi connectivity index (χ0) is 15.2. The SMILES string of the molecule is COC(=O)CSC(C)c1ccc(-c2ccc(Br)cc2)cc1. The van der Waals surface area contributed by atoms with E-state index in [1.807, 2.05) is 12.1 Å². The number of ether oxygens (including phenoxy) is 1. The van der Waals surface area contributed by atoms with Gasteiger partial charge in [0.15, 0.2) is 0 Å². The maximum absolute atomic E-state index is 11.2. The second-order valence-electron chi connectivity index (χ2n) is 4.66. The number of methoxy groups -OCH3 is 1. The van der Waals surface area contributed by atoms with Gasteiger partial charge in [-0.2, -0.15) is 0 Å². The molecule has 1 unspecified atom stereocenters. The monoisotopic (exact) mass is 364 g/mol. The van der Waals surface area contributed by atoms with Gasteiger partial charge in [-0.05, 0) is 35.7 Å². The first-order chi connectivity index (χ1) is 10.1. The quantitative estimate of drug-likeness (QED) is 0.691. The van der Waals surface area contributed by atoms with Gasteiger partial charge in [0, 0.05) is 9.72 Å². The fourth-order valence-electron chi connectivity index (χ4n) is 1.94. The summed E-state index contributed by atoms with van der Waals surface area (Å²) in [6.45, 7) is 2.10. The lowest BCUT2D eigenvalue weighted by molar-refractivity contribution is -0.137. The molecule has 0 spiro atoms. The normalized spacial score (nSPS) is 12.0. The Bertz CT molecular complexity index is 593. The molecule has 0 heterocycles. The molecule has 0 fully saturated rings. The highest BCUT2D eigenvalue weighted by molar-refractivity contribution is 9.10. The maximum Gasteiger partial charge on any atom is 0.315 e. The molecule has 110 valence electrons. The van der Waals surface area contributed by atoms with Gasteiger partial charge in [-0.3, -0.25) is 4.79 Å². The molecule has 0 aliphatic rings. The summed E-state index contributed by atoms with van der Waals surface area (Å²) in [5.74, 6) is 0.199. The Balaban J connectivity index is 2.04. The third-order valence-corrected chi connectivity index (χ3v) is 4.94. The summed E-state index contributed by atoms with van der Waals surface area (Å²) >= 11 is 5.03. The minimum Gasteiger partial charge on any atom is -0.468 e.